The fourth-order valence-corrected chi connectivity index (χ4v) is 1.99. The van der Waals surface area contributed by atoms with Gasteiger partial charge in [-0.25, -0.2) is 0 Å². The molecule has 1 aliphatic rings. The quantitative estimate of drug-likeness (QED) is 0.685. The molecule has 0 spiro atoms. The highest BCUT2D eigenvalue weighted by Gasteiger charge is 2.24. The van der Waals surface area contributed by atoms with Crippen LogP contribution in [-0.2, 0) is 4.79 Å². The highest BCUT2D eigenvalue weighted by molar-refractivity contribution is 9.10. The van der Waals surface area contributed by atoms with Gasteiger partial charge in [-0.05, 0) is 37.1 Å². The van der Waals surface area contributed by atoms with Gasteiger partial charge in [-0.2, -0.15) is 5.26 Å². The first-order chi connectivity index (χ1) is 9.13. The molecular formula is C14H13BrN2O2. The van der Waals surface area contributed by atoms with E-state index in [0.29, 0.717) is 11.3 Å². The van der Waals surface area contributed by atoms with E-state index in [1.165, 1.54) is 0 Å². The van der Waals surface area contributed by atoms with Gasteiger partial charge in [0.1, 0.15) is 17.4 Å². The molecule has 1 aromatic rings. The number of nitriles is 1. The number of carbonyl (C=O) groups is 1. The minimum atomic E-state index is -0.327. The average Bonchev–Trinajstić information content (AvgIpc) is 3.19. The first kappa shape index (κ1) is 13.6. The number of nitrogens with zero attached hydrogens (tertiary/aromatic N) is 1. The average molecular weight is 321 g/mol. The summed E-state index contributed by atoms with van der Waals surface area (Å²) in [5, 5.41) is 11.9. The summed E-state index contributed by atoms with van der Waals surface area (Å²) in [6.07, 6.45) is 3.52. The van der Waals surface area contributed by atoms with Crippen LogP contribution in [0.1, 0.15) is 18.4 Å². The minimum Gasteiger partial charge on any atom is -0.496 e. The molecule has 1 fully saturated rings. The molecule has 1 aliphatic carbocycles. The van der Waals surface area contributed by atoms with Crippen LogP contribution in [-0.4, -0.2) is 19.1 Å². The van der Waals surface area contributed by atoms with E-state index >= 15 is 0 Å². The second kappa shape index (κ2) is 5.89. The van der Waals surface area contributed by atoms with Gasteiger partial charge in [0, 0.05) is 16.1 Å². The third-order valence-electron chi connectivity index (χ3n) is 2.77. The zero-order chi connectivity index (χ0) is 13.8. The van der Waals surface area contributed by atoms with Gasteiger partial charge in [0.05, 0.1) is 7.11 Å². The molecule has 0 heterocycles. The van der Waals surface area contributed by atoms with E-state index in [4.69, 9.17) is 10.00 Å². The number of halogens is 1. The summed E-state index contributed by atoms with van der Waals surface area (Å²) in [7, 11) is 1.55. The monoisotopic (exact) mass is 320 g/mol. The maximum atomic E-state index is 11.9. The second-order valence-corrected chi connectivity index (χ2v) is 5.22. The van der Waals surface area contributed by atoms with Crippen LogP contribution in [0.15, 0.2) is 28.2 Å². The molecule has 98 valence electrons. The Bertz CT molecular complexity index is 571. The van der Waals surface area contributed by atoms with Crippen LogP contribution in [0.5, 0.6) is 5.75 Å². The van der Waals surface area contributed by atoms with Crippen molar-refractivity contribution in [2.45, 2.75) is 18.9 Å². The SMILES string of the molecule is COc1ccc(Br)cc1/C=C(\C#N)C(=O)NC1CC1. The molecule has 1 saturated carbocycles. The Labute approximate surface area is 120 Å². The zero-order valence-corrected chi connectivity index (χ0v) is 12.0. The van der Waals surface area contributed by atoms with E-state index in [0.717, 1.165) is 17.3 Å². The number of hydrogen-bond acceptors (Lipinski definition) is 3. The van der Waals surface area contributed by atoms with Gasteiger partial charge in [-0.1, -0.05) is 15.9 Å². The summed E-state index contributed by atoms with van der Waals surface area (Å²) in [5.41, 5.74) is 0.780. The van der Waals surface area contributed by atoms with Crippen LogP contribution in [0, 0.1) is 11.3 Å². The van der Waals surface area contributed by atoms with Gasteiger partial charge in [-0.15, -0.1) is 0 Å². The van der Waals surface area contributed by atoms with E-state index in [1.54, 1.807) is 25.3 Å². The van der Waals surface area contributed by atoms with Gasteiger partial charge in [-0.3, -0.25) is 4.79 Å². The van der Waals surface area contributed by atoms with Crippen LogP contribution in [0.4, 0.5) is 0 Å². The summed E-state index contributed by atoms with van der Waals surface area (Å²) in [6, 6.07) is 7.59. The molecule has 0 atom stereocenters. The van der Waals surface area contributed by atoms with Gasteiger partial charge < -0.3 is 10.1 Å². The number of ether oxygens (including phenoxy) is 1. The lowest BCUT2D eigenvalue weighted by atomic mass is 10.1. The Hall–Kier alpha value is -1.80. The normalized spacial score (nSPS) is 14.7. The van der Waals surface area contributed by atoms with Crippen molar-refractivity contribution in [2.75, 3.05) is 7.11 Å². The number of methoxy groups -OCH3 is 1. The molecule has 0 radical (unpaired) electrons. The van der Waals surface area contributed by atoms with Crippen molar-refractivity contribution in [3.05, 3.63) is 33.8 Å². The molecule has 4 nitrogen and oxygen atoms in total. The summed E-state index contributed by atoms with van der Waals surface area (Å²) < 4.78 is 6.07. The molecule has 0 aromatic heterocycles. The van der Waals surface area contributed by atoms with Gasteiger partial charge in [0.25, 0.3) is 5.91 Å². The van der Waals surface area contributed by atoms with Crippen molar-refractivity contribution in [2.24, 2.45) is 0 Å². The predicted octanol–water partition coefficient (Wildman–Crippen LogP) is 2.64. The van der Waals surface area contributed by atoms with Crippen LogP contribution in [0.25, 0.3) is 6.08 Å². The number of carbonyl (C=O) groups excluding carboxylic acids is 1. The second-order valence-electron chi connectivity index (χ2n) is 4.30. The molecular weight excluding hydrogens is 308 g/mol. The number of rotatable bonds is 4. The molecule has 1 N–H and O–H groups in total. The lowest BCUT2D eigenvalue weighted by Gasteiger charge is -2.06. The van der Waals surface area contributed by atoms with Crippen molar-refractivity contribution in [3.63, 3.8) is 0 Å². The van der Waals surface area contributed by atoms with E-state index in [1.807, 2.05) is 12.1 Å². The van der Waals surface area contributed by atoms with Crippen molar-refractivity contribution in [1.29, 1.82) is 5.26 Å². The van der Waals surface area contributed by atoms with Gasteiger partial charge in [0.15, 0.2) is 0 Å². The molecule has 2 rings (SSSR count). The smallest absolute Gasteiger partial charge is 0.262 e. The largest absolute Gasteiger partial charge is 0.496 e. The molecule has 0 aliphatic heterocycles. The van der Waals surface area contributed by atoms with Crippen molar-refractivity contribution < 1.29 is 9.53 Å². The number of hydrogen-bond donors (Lipinski definition) is 1. The van der Waals surface area contributed by atoms with E-state index in [-0.39, 0.29) is 17.5 Å². The lowest BCUT2D eigenvalue weighted by molar-refractivity contribution is -0.117. The van der Waals surface area contributed by atoms with Crippen molar-refractivity contribution in [3.8, 4) is 11.8 Å². The summed E-state index contributed by atoms with van der Waals surface area (Å²) >= 11 is 3.36. The first-order valence-corrected chi connectivity index (χ1v) is 6.69. The topological polar surface area (TPSA) is 62.1 Å². The molecule has 5 heteroatoms. The van der Waals surface area contributed by atoms with E-state index in [2.05, 4.69) is 21.2 Å². The third kappa shape index (κ3) is 3.58. The van der Waals surface area contributed by atoms with Gasteiger partial charge in [0.2, 0.25) is 0 Å². The molecule has 19 heavy (non-hydrogen) atoms. The Morgan fingerprint density at radius 1 is 1.58 bits per heavy atom. The molecule has 1 amide bonds. The van der Waals surface area contributed by atoms with Crippen LogP contribution in [0.3, 0.4) is 0 Å². The van der Waals surface area contributed by atoms with Crippen LogP contribution < -0.4 is 10.1 Å². The van der Waals surface area contributed by atoms with E-state index < -0.39 is 0 Å². The maximum absolute atomic E-state index is 11.9. The summed E-state index contributed by atoms with van der Waals surface area (Å²) in [6.45, 7) is 0. The number of nitrogens with one attached hydrogen (secondary N) is 1. The van der Waals surface area contributed by atoms with Crippen molar-refractivity contribution >= 4 is 27.9 Å². The van der Waals surface area contributed by atoms with Crippen molar-refractivity contribution in [1.82, 2.24) is 5.32 Å². The Morgan fingerprint density at radius 3 is 2.89 bits per heavy atom. The number of benzene rings is 1. The first-order valence-electron chi connectivity index (χ1n) is 5.90. The zero-order valence-electron chi connectivity index (χ0n) is 10.4. The van der Waals surface area contributed by atoms with Crippen LogP contribution in [0.2, 0.25) is 0 Å². The Morgan fingerprint density at radius 2 is 2.32 bits per heavy atom. The fraction of sp³-hybridized carbons (Fsp3) is 0.286. The standard InChI is InChI=1S/C14H13BrN2O2/c1-19-13-5-2-11(15)7-9(13)6-10(8-16)14(18)17-12-3-4-12/h2,5-7,12H,3-4H2,1H3,(H,17,18)/b10-6+. The lowest BCUT2D eigenvalue weighted by Crippen LogP contribution is -2.26. The Kier molecular flexibility index (Phi) is 4.23. The molecule has 0 bridgehead atoms. The highest BCUT2D eigenvalue weighted by atomic mass is 79.9. The number of amides is 1. The van der Waals surface area contributed by atoms with E-state index in [9.17, 15) is 4.79 Å². The molecule has 0 unspecified atom stereocenters. The third-order valence-corrected chi connectivity index (χ3v) is 3.26. The fourth-order valence-electron chi connectivity index (χ4n) is 1.61. The highest BCUT2D eigenvalue weighted by Crippen LogP contribution is 2.25. The summed E-state index contributed by atoms with van der Waals surface area (Å²) in [4.78, 5) is 11.9. The predicted molar refractivity (Wildman–Crippen MR) is 75.4 cm³/mol. The molecule has 0 saturated heterocycles. The summed E-state index contributed by atoms with van der Waals surface area (Å²) in [5.74, 6) is 0.294. The molecule has 1 aromatic carbocycles. The van der Waals surface area contributed by atoms with Gasteiger partial charge >= 0.3 is 0 Å². The maximum Gasteiger partial charge on any atom is 0.262 e. The Balaban J connectivity index is 2.28. The minimum absolute atomic E-state index is 0.0864. The van der Waals surface area contributed by atoms with Crippen LogP contribution >= 0.6 is 15.9 Å².